The zero-order chi connectivity index (χ0) is 20.0. The molecule has 0 N–H and O–H groups in total. The van der Waals surface area contributed by atoms with Crippen molar-refractivity contribution in [3.8, 4) is 16.9 Å². The van der Waals surface area contributed by atoms with Crippen molar-refractivity contribution < 1.29 is 44.2 Å². The van der Waals surface area contributed by atoms with Crippen molar-refractivity contribution in [2.45, 2.75) is 27.3 Å². The summed E-state index contributed by atoms with van der Waals surface area (Å²) in [6.45, 7) is 5.76. The number of hydrogen-bond donors (Lipinski definition) is 0. The summed E-state index contributed by atoms with van der Waals surface area (Å²) in [5, 5.41) is 13.4. The minimum atomic E-state index is -1.11. The van der Waals surface area contributed by atoms with Crippen molar-refractivity contribution >= 4 is 27.8 Å². The zero-order valence-corrected chi connectivity index (χ0v) is 19.4. The summed E-state index contributed by atoms with van der Waals surface area (Å²) in [7, 11) is 1.64. The van der Waals surface area contributed by atoms with E-state index in [1.165, 1.54) is 0 Å². The maximum absolute atomic E-state index is 11.4. The Hall–Kier alpha value is -2.34. The van der Waals surface area contributed by atoms with Gasteiger partial charge < -0.3 is 19.2 Å². The second-order valence-electron chi connectivity index (χ2n) is 7.11. The Morgan fingerprint density at radius 3 is 2.55 bits per heavy atom. The quantitative estimate of drug-likeness (QED) is 0.473. The van der Waals surface area contributed by atoms with E-state index in [4.69, 9.17) is 4.74 Å². The number of methoxy groups -OCH3 is 1. The molecule has 0 saturated carbocycles. The number of aliphatic carboxylic acids is 1. The van der Waals surface area contributed by atoms with E-state index in [1.807, 2.05) is 51.1 Å². The van der Waals surface area contributed by atoms with Gasteiger partial charge in [-0.2, -0.15) is 0 Å². The molecule has 0 aliphatic heterocycles. The van der Waals surface area contributed by atoms with Gasteiger partial charge in [-0.3, -0.25) is 0 Å². The molecule has 0 aliphatic rings. The van der Waals surface area contributed by atoms with Crippen LogP contribution < -0.4 is 39.4 Å². The van der Waals surface area contributed by atoms with E-state index < -0.39 is 5.97 Å². The molecule has 4 rings (SSSR count). The summed E-state index contributed by atoms with van der Waals surface area (Å²) < 4.78 is 7.32. The van der Waals surface area contributed by atoms with Crippen LogP contribution in [0.1, 0.15) is 17.0 Å². The molecule has 0 spiro atoms. The fourth-order valence-electron chi connectivity index (χ4n) is 3.99. The van der Waals surface area contributed by atoms with Crippen molar-refractivity contribution in [2.24, 2.45) is 0 Å². The fourth-order valence-corrected chi connectivity index (χ4v) is 3.99. The Morgan fingerprint density at radius 2 is 1.86 bits per heavy atom. The van der Waals surface area contributed by atoms with Crippen molar-refractivity contribution in [3.05, 3.63) is 59.4 Å². The first kappa shape index (κ1) is 21.4. The van der Waals surface area contributed by atoms with Crippen LogP contribution in [0.5, 0.6) is 5.75 Å². The van der Waals surface area contributed by atoms with Gasteiger partial charge in [0.15, 0.2) is 0 Å². The van der Waals surface area contributed by atoms with Gasteiger partial charge in [-0.1, -0.05) is 23.8 Å². The number of aryl methyl sites for hydroxylation is 2. The largest absolute Gasteiger partial charge is 1.00 e. The number of nitrogens with zero attached hydrogens (tertiary/aromatic N) is 2. The van der Waals surface area contributed by atoms with Crippen molar-refractivity contribution in [1.29, 1.82) is 0 Å². The number of carboxylic acids is 1. The van der Waals surface area contributed by atoms with Crippen LogP contribution in [0.3, 0.4) is 0 Å². The van der Waals surface area contributed by atoms with E-state index in [2.05, 4.69) is 17.1 Å². The first-order chi connectivity index (χ1) is 13.4. The maximum Gasteiger partial charge on any atom is 1.00 e. The van der Waals surface area contributed by atoms with Crippen LogP contribution in [-0.2, 0) is 11.3 Å². The minimum Gasteiger partial charge on any atom is -0.548 e. The van der Waals surface area contributed by atoms with Crippen LogP contribution in [0.15, 0.2) is 42.5 Å². The summed E-state index contributed by atoms with van der Waals surface area (Å²) in [5.74, 6) is -0.390. The molecular weight excluding hydrogens is 375 g/mol. The van der Waals surface area contributed by atoms with E-state index >= 15 is 0 Å². The maximum atomic E-state index is 11.4. The molecule has 142 valence electrons. The molecule has 0 unspecified atom stereocenters. The molecule has 0 atom stereocenters. The van der Waals surface area contributed by atoms with Crippen LogP contribution in [0, 0.1) is 20.8 Å². The van der Waals surface area contributed by atoms with Crippen molar-refractivity contribution in [1.82, 2.24) is 9.55 Å². The van der Waals surface area contributed by atoms with Gasteiger partial charge in [0.25, 0.3) is 0 Å². The molecule has 4 aromatic rings. The number of aromatic nitrogens is 2. The first-order valence-corrected chi connectivity index (χ1v) is 9.14. The number of ether oxygens (including phenoxy) is 1. The van der Waals surface area contributed by atoms with Crippen molar-refractivity contribution in [2.75, 3.05) is 7.11 Å². The molecule has 5 nitrogen and oxygen atoms in total. The Bertz CT molecular complexity index is 1240. The second-order valence-corrected chi connectivity index (χ2v) is 7.11. The summed E-state index contributed by atoms with van der Waals surface area (Å²) >= 11 is 0. The number of rotatable bonds is 4. The fraction of sp³-hybridized carbons (Fsp3) is 0.217. The number of fused-ring (bicyclic) bond motifs is 2. The van der Waals surface area contributed by atoms with E-state index in [-0.39, 0.29) is 36.1 Å². The number of pyridine rings is 1. The number of carbonyl (C=O) groups excluding carboxylic acids is 1. The SMILES string of the molecule is COc1cccc2c(-c3c(C)n(CC(=O)[O-])c4ccc(C)cc34)cc(C)nc12.[Na+]. The molecule has 0 fully saturated rings. The zero-order valence-electron chi connectivity index (χ0n) is 17.4. The van der Waals surface area contributed by atoms with Gasteiger partial charge in [-0.25, -0.2) is 4.98 Å². The smallest absolute Gasteiger partial charge is 0.548 e. The standard InChI is InChI=1S/C23H22N2O3.Na/c1-13-8-9-19-18(10-13)22(15(3)25(19)12-21(26)27)17-11-14(2)24-23-16(17)6-5-7-20(23)28-4;/h5-11H,12H2,1-4H3,(H,26,27);/q;+1/p-1. The van der Waals surface area contributed by atoms with Crippen LogP contribution in [0.25, 0.3) is 32.9 Å². The molecular formula is C23H21N2NaO3. The van der Waals surface area contributed by atoms with Gasteiger partial charge in [-0.15, -0.1) is 0 Å². The molecule has 6 heteroatoms. The third kappa shape index (κ3) is 3.66. The van der Waals surface area contributed by atoms with E-state index in [0.29, 0.717) is 0 Å². The minimum absolute atomic E-state index is 0. The molecule has 2 heterocycles. The molecule has 0 bridgehead atoms. The van der Waals surface area contributed by atoms with Crippen molar-refractivity contribution in [3.63, 3.8) is 0 Å². The molecule has 29 heavy (non-hydrogen) atoms. The van der Waals surface area contributed by atoms with Crippen LogP contribution in [0.4, 0.5) is 0 Å². The summed E-state index contributed by atoms with van der Waals surface area (Å²) in [6, 6.07) is 14.0. The Kier molecular flexibility index (Phi) is 6.03. The van der Waals surface area contributed by atoms with Gasteiger partial charge in [0.1, 0.15) is 11.3 Å². The Morgan fingerprint density at radius 1 is 1.10 bits per heavy atom. The summed E-state index contributed by atoms with van der Waals surface area (Å²) in [4.78, 5) is 16.0. The first-order valence-electron chi connectivity index (χ1n) is 9.14. The van der Waals surface area contributed by atoms with Gasteiger partial charge >= 0.3 is 29.6 Å². The molecule has 0 amide bonds. The van der Waals surface area contributed by atoms with Gasteiger partial charge in [-0.05, 0) is 50.6 Å². The van der Waals surface area contributed by atoms with Crippen LogP contribution in [-0.4, -0.2) is 22.6 Å². The molecule has 0 radical (unpaired) electrons. The summed E-state index contributed by atoms with van der Waals surface area (Å²) in [5.41, 5.74) is 6.60. The number of benzene rings is 2. The monoisotopic (exact) mass is 396 g/mol. The van der Waals surface area contributed by atoms with E-state index in [1.54, 1.807) is 11.7 Å². The van der Waals surface area contributed by atoms with Crippen LogP contribution >= 0.6 is 0 Å². The molecule has 0 aliphatic carbocycles. The van der Waals surface area contributed by atoms with Gasteiger partial charge in [0.2, 0.25) is 0 Å². The number of hydrogen-bond acceptors (Lipinski definition) is 4. The molecule has 0 saturated heterocycles. The average Bonchev–Trinajstić information content (AvgIpc) is 2.91. The Balaban J connectivity index is 0.00000240. The number of carboxylic acid groups (broad SMARTS) is 1. The summed E-state index contributed by atoms with van der Waals surface area (Å²) in [6.07, 6.45) is 0. The molecule has 2 aromatic carbocycles. The Labute approximate surface area is 191 Å². The number of para-hydroxylation sites is 1. The molecule has 2 aromatic heterocycles. The van der Waals surface area contributed by atoms with Gasteiger partial charge in [0.05, 0.1) is 19.6 Å². The topological polar surface area (TPSA) is 67.2 Å². The van der Waals surface area contributed by atoms with Crippen LogP contribution in [0.2, 0.25) is 0 Å². The predicted molar refractivity (Wildman–Crippen MR) is 108 cm³/mol. The number of carbonyl (C=O) groups is 1. The van der Waals surface area contributed by atoms with E-state index in [9.17, 15) is 9.90 Å². The third-order valence-electron chi connectivity index (χ3n) is 5.19. The normalized spacial score (nSPS) is 10.9. The predicted octanol–water partition coefficient (Wildman–Crippen LogP) is 0.544. The average molecular weight is 396 g/mol. The second kappa shape index (κ2) is 8.19. The van der Waals surface area contributed by atoms with E-state index in [0.717, 1.165) is 55.6 Å². The van der Waals surface area contributed by atoms with Gasteiger partial charge in [0, 0.05) is 33.2 Å². The third-order valence-corrected chi connectivity index (χ3v) is 5.19.